The summed E-state index contributed by atoms with van der Waals surface area (Å²) in [6.07, 6.45) is 3.18. The number of rotatable bonds is 4. The van der Waals surface area contributed by atoms with Crippen molar-refractivity contribution in [3.05, 3.63) is 11.7 Å². The highest BCUT2D eigenvalue weighted by Crippen LogP contribution is 2.18. The Bertz CT molecular complexity index is 533. The quantitative estimate of drug-likeness (QED) is 0.867. The molecule has 1 aromatic heterocycles. The van der Waals surface area contributed by atoms with Crippen LogP contribution in [0.2, 0.25) is 0 Å². The number of hydrogen-bond donors (Lipinski definition) is 2. The van der Waals surface area contributed by atoms with Crippen LogP contribution in [0.3, 0.4) is 0 Å². The van der Waals surface area contributed by atoms with Crippen LogP contribution in [0, 0.1) is 0 Å². The van der Waals surface area contributed by atoms with Crippen molar-refractivity contribution in [2.24, 2.45) is 0 Å². The summed E-state index contributed by atoms with van der Waals surface area (Å²) in [5, 5.41) is 9.50. The fourth-order valence-corrected chi connectivity index (χ4v) is 2.23. The van der Waals surface area contributed by atoms with Gasteiger partial charge in [-0.3, -0.25) is 9.59 Å². The Hall–Kier alpha value is -1.92. The van der Waals surface area contributed by atoms with Gasteiger partial charge >= 0.3 is 0 Å². The molecule has 2 N–H and O–H groups in total. The largest absolute Gasteiger partial charge is 0.354 e. The number of aryl methyl sites for hydroxylation is 1. The summed E-state index contributed by atoms with van der Waals surface area (Å²) in [7, 11) is 0. The number of hydrogen-bond acceptors (Lipinski definition) is 5. The number of carbonyl (C=O) groups is 2. The van der Waals surface area contributed by atoms with Crippen LogP contribution in [0.1, 0.15) is 58.2 Å². The van der Waals surface area contributed by atoms with E-state index in [9.17, 15) is 9.59 Å². The first-order chi connectivity index (χ1) is 10.4. The van der Waals surface area contributed by atoms with Crippen molar-refractivity contribution >= 4 is 11.8 Å². The Morgan fingerprint density at radius 3 is 2.86 bits per heavy atom. The molecule has 2 rings (SSSR count). The van der Waals surface area contributed by atoms with Crippen molar-refractivity contribution in [2.75, 3.05) is 6.54 Å². The van der Waals surface area contributed by atoms with E-state index in [-0.39, 0.29) is 23.7 Å². The lowest BCUT2D eigenvalue weighted by Crippen LogP contribution is -2.45. The highest BCUT2D eigenvalue weighted by atomic mass is 16.5. The zero-order valence-corrected chi connectivity index (χ0v) is 13.4. The fourth-order valence-electron chi connectivity index (χ4n) is 2.23. The molecular weight excluding hydrogens is 284 g/mol. The second kappa shape index (κ2) is 6.89. The van der Waals surface area contributed by atoms with Gasteiger partial charge in [0.1, 0.15) is 6.04 Å². The minimum absolute atomic E-state index is 0.0985. The molecule has 0 spiro atoms. The lowest BCUT2D eigenvalue weighted by Gasteiger charge is -2.14. The van der Waals surface area contributed by atoms with Crippen molar-refractivity contribution in [1.82, 2.24) is 20.8 Å². The van der Waals surface area contributed by atoms with Gasteiger partial charge in [-0.1, -0.05) is 25.9 Å². The van der Waals surface area contributed by atoms with E-state index in [0.717, 1.165) is 12.8 Å². The Balaban J connectivity index is 1.82. The van der Waals surface area contributed by atoms with Gasteiger partial charge in [-0.25, -0.2) is 0 Å². The molecule has 0 bridgehead atoms. The standard InChI is InChI=1S/C15H24N4O3/c1-15(2,3)14-18-12(22-19-14)8-7-11(20)17-10-6-4-5-9-16-13(10)21/h10H,4-9H2,1-3H3,(H,16,21)(H,17,20). The molecule has 1 saturated heterocycles. The predicted octanol–water partition coefficient (Wildman–Crippen LogP) is 1.08. The molecular formula is C15H24N4O3. The van der Waals surface area contributed by atoms with Crippen LogP contribution < -0.4 is 10.6 Å². The van der Waals surface area contributed by atoms with E-state index in [1.165, 1.54) is 0 Å². The first-order valence-corrected chi connectivity index (χ1v) is 7.76. The van der Waals surface area contributed by atoms with Gasteiger partial charge in [-0.2, -0.15) is 4.98 Å². The second-order valence-corrected chi connectivity index (χ2v) is 6.67. The van der Waals surface area contributed by atoms with Gasteiger partial charge in [0.25, 0.3) is 0 Å². The number of carbonyl (C=O) groups excluding carboxylic acids is 2. The summed E-state index contributed by atoms with van der Waals surface area (Å²) in [6, 6.07) is -0.428. The van der Waals surface area contributed by atoms with Gasteiger partial charge in [-0.15, -0.1) is 0 Å². The molecule has 0 aromatic carbocycles. The molecule has 2 amide bonds. The van der Waals surface area contributed by atoms with E-state index in [4.69, 9.17) is 4.52 Å². The van der Waals surface area contributed by atoms with Crippen molar-refractivity contribution < 1.29 is 14.1 Å². The predicted molar refractivity (Wildman–Crippen MR) is 80.1 cm³/mol. The summed E-state index contributed by atoms with van der Waals surface area (Å²) in [5.41, 5.74) is -0.178. The molecule has 0 saturated carbocycles. The number of amides is 2. The van der Waals surface area contributed by atoms with Crippen LogP contribution >= 0.6 is 0 Å². The minimum Gasteiger partial charge on any atom is -0.354 e. The third kappa shape index (κ3) is 4.54. The van der Waals surface area contributed by atoms with Crippen molar-refractivity contribution in [1.29, 1.82) is 0 Å². The first kappa shape index (κ1) is 16.5. The Morgan fingerprint density at radius 1 is 1.41 bits per heavy atom. The molecule has 122 valence electrons. The smallest absolute Gasteiger partial charge is 0.242 e. The van der Waals surface area contributed by atoms with E-state index in [0.29, 0.717) is 31.1 Å². The second-order valence-electron chi connectivity index (χ2n) is 6.67. The molecule has 0 radical (unpaired) electrons. The highest BCUT2D eigenvalue weighted by Gasteiger charge is 2.23. The van der Waals surface area contributed by atoms with Crippen LogP contribution in [0.15, 0.2) is 4.52 Å². The van der Waals surface area contributed by atoms with Crippen molar-refractivity contribution in [2.45, 2.75) is 64.3 Å². The number of nitrogens with one attached hydrogen (secondary N) is 2. The van der Waals surface area contributed by atoms with Crippen molar-refractivity contribution in [3.63, 3.8) is 0 Å². The van der Waals surface area contributed by atoms with E-state index in [1.807, 2.05) is 20.8 Å². The fraction of sp³-hybridized carbons (Fsp3) is 0.733. The van der Waals surface area contributed by atoms with Gasteiger partial charge in [0.2, 0.25) is 17.7 Å². The monoisotopic (exact) mass is 308 g/mol. The molecule has 1 aromatic rings. The molecule has 1 aliphatic heterocycles. The average Bonchev–Trinajstić information content (AvgIpc) is 2.84. The van der Waals surface area contributed by atoms with Crippen LogP contribution in [0.5, 0.6) is 0 Å². The van der Waals surface area contributed by atoms with Gasteiger partial charge in [-0.05, 0) is 19.3 Å². The summed E-state index contributed by atoms with van der Waals surface area (Å²) >= 11 is 0. The van der Waals surface area contributed by atoms with Gasteiger partial charge in [0.05, 0.1) is 0 Å². The molecule has 22 heavy (non-hydrogen) atoms. The van der Waals surface area contributed by atoms with E-state index in [2.05, 4.69) is 20.8 Å². The van der Waals surface area contributed by atoms with Crippen molar-refractivity contribution in [3.8, 4) is 0 Å². The van der Waals surface area contributed by atoms with Gasteiger partial charge in [0, 0.05) is 24.8 Å². The molecule has 0 aliphatic carbocycles. The maximum atomic E-state index is 12.0. The molecule has 7 heteroatoms. The maximum absolute atomic E-state index is 12.0. The maximum Gasteiger partial charge on any atom is 0.242 e. The van der Waals surface area contributed by atoms with Gasteiger partial charge in [0.15, 0.2) is 5.82 Å². The molecule has 1 atom stereocenters. The lowest BCUT2D eigenvalue weighted by atomic mass is 9.96. The third-order valence-corrected chi connectivity index (χ3v) is 3.58. The summed E-state index contributed by atoms with van der Waals surface area (Å²) in [4.78, 5) is 28.0. The summed E-state index contributed by atoms with van der Waals surface area (Å²) < 4.78 is 5.15. The number of aromatic nitrogens is 2. The normalized spacial score (nSPS) is 19.4. The minimum atomic E-state index is -0.428. The highest BCUT2D eigenvalue weighted by molar-refractivity contribution is 5.87. The number of nitrogens with zero attached hydrogens (tertiary/aromatic N) is 2. The zero-order valence-electron chi connectivity index (χ0n) is 13.4. The Kier molecular flexibility index (Phi) is 5.15. The summed E-state index contributed by atoms with van der Waals surface area (Å²) in [6.45, 7) is 6.68. The third-order valence-electron chi connectivity index (χ3n) is 3.58. The summed E-state index contributed by atoms with van der Waals surface area (Å²) in [5.74, 6) is 0.813. The lowest BCUT2D eigenvalue weighted by molar-refractivity contribution is -0.128. The molecule has 7 nitrogen and oxygen atoms in total. The molecule has 2 heterocycles. The van der Waals surface area contributed by atoms with Crippen LogP contribution in [-0.4, -0.2) is 34.5 Å². The van der Waals surface area contributed by atoms with E-state index >= 15 is 0 Å². The first-order valence-electron chi connectivity index (χ1n) is 7.76. The molecule has 1 aliphatic rings. The molecule has 1 fully saturated rings. The SMILES string of the molecule is CC(C)(C)c1noc(CCC(=O)NC2CCCCNC2=O)n1. The van der Waals surface area contributed by atoms with Crippen LogP contribution in [-0.2, 0) is 21.4 Å². The van der Waals surface area contributed by atoms with Crippen LogP contribution in [0.25, 0.3) is 0 Å². The Morgan fingerprint density at radius 2 is 2.18 bits per heavy atom. The van der Waals surface area contributed by atoms with E-state index < -0.39 is 6.04 Å². The van der Waals surface area contributed by atoms with Gasteiger partial charge < -0.3 is 15.2 Å². The van der Waals surface area contributed by atoms with E-state index in [1.54, 1.807) is 0 Å². The zero-order chi connectivity index (χ0) is 16.2. The van der Waals surface area contributed by atoms with Crippen LogP contribution in [0.4, 0.5) is 0 Å². The molecule has 1 unspecified atom stereocenters. The Labute approximate surface area is 130 Å². The topological polar surface area (TPSA) is 97.1 Å². The average molecular weight is 308 g/mol.